The van der Waals surface area contributed by atoms with Crippen molar-refractivity contribution in [3.63, 3.8) is 0 Å². The van der Waals surface area contributed by atoms with Crippen molar-refractivity contribution in [2.45, 2.75) is 6.54 Å². The summed E-state index contributed by atoms with van der Waals surface area (Å²) in [5.41, 5.74) is 10.5. The molecule has 0 aliphatic carbocycles. The van der Waals surface area contributed by atoms with E-state index in [1.807, 2.05) is 54.6 Å². The summed E-state index contributed by atoms with van der Waals surface area (Å²) < 4.78 is 12.7. The zero-order chi connectivity index (χ0) is 36.7. The van der Waals surface area contributed by atoms with Crippen molar-refractivity contribution >= 4 is 73.0 Å². The third kappa shape index (κ3) is 5.88. The predicted molar refractivity (Wildman–Crippen MR) is 229 cm³/mol. The molecule has 0 saturated carbocycles. The van der Waals surface area contributed by atoms with E-state index in [2.05, 4.69) is 133 Å². The van der Waals surface area contributed by atoms with Crippen molar-refractivity contribution < 1.29 is 8.83 Å². The Morgan fingerprint density at radius 2 is 1.15 bits per heavy atom. The molecular weight excluding hydrogens is 675 g/mol. The zero-order valence-electron chi connectivity index (χ0n) is 29.8. The number of amidine groups is 2. The number of rotatable bonds is 6. The molecule has 0 unspecified atom stereocenters. The SMILES string of the molecule is C=N/C(=N\C(=N/Cc1ccc2ccccc2c1)c1ccc(-c2ccccc2)cc1)c1cccc2oc3cc(-c4cccc5oc6ccccc6c45)ccc3c12. The first-order valence-corrected chi connectivity index (χ1v) is 18.3. The second kappa shape index (κ2) is 13.6. The predicted octanol–water partition coefficient (Wildman–Crippen LogP) is 13.1. The van der Waals surface area contributed by atoms with Gasteiger partial charge in [-0.15, -0.1) is 0 Å². The van der Waals surface area contributed by atoms with Crippen LogP contribution in [0.25, 0.3) is 76.9 Å². The van der Waals surface area contributed by atoms with Crippen LogP contribution in [0.3, 0.4) is 0 Å². The number of fused-ring (bicyclic) bond motifs is 7. The Hall–Kier alpha value is -7.37. The molecule has 0 radical (unpaired) electrons. The molecule has 0 aliphatic rings. The summed E-state index contributed by atoms with van der Waals surface area (Å²) in [6.45, 7) is 4.44. The second-order valence-corrected chi connectivity index (χ2v) is 13.6. The molecule has 0 atom stereocenters. The van der Waals surface area contributed by atoms with Crippen molar-refractivity contribution in [1.82, 2.24) is 0 Å². The van der Waals surface area contributed by atoms with Crippen molar-refractivity contribution in [1.29, 1.82) is 0 Å². The van der Waals surface area contributed by atoms with Crippen LogP contribution >= 0.6 is 0 Å². The molecule has 2 heterocycles. The Labute approximate surface area is 317 Å². The topological polar surface area (TPSA) is 63.4 Å². The van der Waals surface area contributed by atoms with E-state index in [0.29, 0.717) is 18.2 Å². The fourth-order valence-electron chi connectivity index (χ4n) is 7.61. The highest BCUT2D eigenvalue weighted by atomic mass is 16.3. The monoisotopic (exact) mass is 707 g/mol. The minimum atomic E-state index is 0.453. The van der Waals surface area contributed by atoms with Crippen LogP contribution in [-0.4, -0.2) is 18.4 Å². The summed E-state index contributed by atoms with van der Waals surface area (Å²) in [5, 5.41) is 6.45. The van der Waals surface area contributed by atoms with Gasteiger partial charge in [-0.1, -0.05) is 140 Å². The lowest BCUT2D eigenvalue weighted by molar-refractivity contribution is 0.668. The van der Waals surface area contributed by atoms with Gasteiger partial charge in [0, 0.05) is 32.7 Å². The summed E-state index contributed by atoms with van der Waals surface area (Å²) in [6, 6.07) is 60.3. The van der Waals surface area contributed by atoms with Gasteiger partial charge in [0.05, 0.1) is 6.54 Å². The maximum absolute atomic E-state index is 6.55. The first kappa shape index (κ1) is 32.3. The van der Waals surface area contributed by atoms with Gasteiger partial charge in [-0.3, -0.25) is 4.99 Å². The Balaban J connectivity index is 1.08. The molecule has 5 nitrogen and oxygen atoms in total. The summed E-state index contributed by atoms with van der Waals surface area (Å²) >= 11 is 0. The molecule has 0 bridgehead atoms. The first-order chi connectivity index (χ1) is 27.2. The number of benzene rings is 8. The van der Waals surface area contributed by atoms with Crippen LogP contribution in [0, 0.1) is 0 Å². The van der Waals surface area contributed by atoms with Crippen LogP contribution in [0.15, 0.2) is 200 Å². The Morgan fingerprint density at radius 3 is 2.00 bits per heavy atom. The fourth-order valence-corrected chi connectivity index (χ4v) is 7.61. The van der Waals surface area contributed by atoms with Crippen molar-refractivity contribution in [3.05, 3.63) is 193 Å². The van der Waals surface area contributed by atoms with E-state index in [0.717, 1.165) is 82.8 Å². The second-order valence-electron chi connectivity index (χ2n) is 13.6. The number of aliphatic imine (C=N–C) groups is 3. The molecule has 0 amide bonds. The average Bonchev–Trinajstić information content (AvgIpc) is 3.82. The molecule has 10 rings (SSSR count). The average molecular weight is 708 g/mol. The quantitative estimate of drug-likeness (QED) is 0.128. The molecule has 55 heavy (non-hydrogen) atoms. The normalized spacial score (nSPS) is 12.4. The van der Waals surface area contributed by atoms with Gasteiger partial charge in [0.25, 0.3) is 0 Å². The summed E-state index contributed by atoms with van der Waals surface area (Å²) in [7, 11) is 0. The molecule has 0 fully saturated rings. The number of hydrogen-bond donors (Lipinski definition) is 0. The summed E-state index contributed by atoms with van der Waals surface area (Å²) in [6.07, 6.45) is 0. The van der Waals surface area contributed by atoms with E-state index in [4.69, 9.17) is 18.8 Å². The highest BCUT2D eigenvalue weighted by molar-refractivity contribution is 6.22. The van der Waals surface area contributed by atoms with Crippen LogP contribution in [0.5, 0.6) is 0 Å². The van der Waals surface area contributed by atoms with Gasteiger partial charge in [-0.2, -0.15) is 0 Å². The van der Waals surface area contributed by atoms with Gasteiger partial charge in [0.15, 0.2) is 11.7 Å². The van der Waals surface area contributed by atoms with E-state index < -0.39 is 0 Å². The smallest absolute Gasteiger partial charge is 0.161 e. The van der Waals surface area contributed by atoms with E-state index in [9.17, 15) is 0 Å². The lowest BCUT2D eigenvalue weighted by atomic mass is 9.97. The van der Waals surface area contributed by atoms with Gasteiger partial charge in [-0.25, -0.2) is 9.98 Å². The highest BCUT2D eigenvalue weighted by Crippen LogP contribution is 2.39. The van der Waals surface area contributed by atoms with E-state index >= 15 is 0 Å². The lowest BCUT2D eigenvalue weighted by Crippen LogP contribution is -2.06. The molecule has 260 valence electrons. The molecule has 5 heteroatoms. The molecule has 0 aliphatic heterocycles. The molecule has 0 N–H and O–H groups in total. The van der Waals surface area contributed by atoms with Crippen LogP contribution in [0.4, 0.5) is 0 Å². The standard InChI is InChI=1S/C50H33N3O2/c1-51-50(53-49(36-25-23-35(24-26-36)33-11-3-2-4-12-33)52-31-32-21-22-34-13-5-6-14-37(34)29-32)42-17-10-20-45-48(42)41-28-27-38(30-46(41)55-45)39-16-9-19-44-47(39)40-15-7-8-18-43(40)54-44/h2-30H,1,31H2/b52-49-,53-50-. The van der Waals surface area contributed by atoms with Crippen LogP contribution in [0.2, 0.25) is 0 Å². The largest absolute Gasteiger partial charge is 0.456 e. The summed E-state index contributed by atoms with van der Waals surface area (Å²) in [5.74, 6) is 1.04. The van der Waals surface area contributed by atoms with Gasteiger partial charge < -0.3 is 8.83 Å². The van der Waals surface area contributed by atoms with Crippen molar-refractivity contribution in [2.24, 2.45) is 15.0 Å². The summed E-state index contributed by atoms with van der Waals surface area (Å²) in [4.78, 5) is 14.8. The van der Waals surface area contributed by atoms with Crippen molar-refractivity contribution in [3.8, 4) is 22.3 Å². The maximum Gasteiger partial charge on any atom is 0.161 e. The third-order valence-electron chi connectivity index (χ3n) is 10.3. The zero-order valence-corrected chi connectivity index (χ0v) is 29.8. The Kier molecular flexibility index (Phi) is 7.96. The molecule has 2 aromatic heterocycles. The number of nitrogens with zero attached hydrogens (tertiary/aromatic N) is 3. The minimum Gasteiger partial charge on any atom is -0.456 e. The van der Waals surface area contributed by atoms with E-state index in [1.54, 1.807) is 0 Å². The molecule has 0 spiro atoms. The Bertz CT molecular complexity index is 3130. The third-order valence-corrected chi connectivity index (χ3v) is 10.3. The molecule has 10 aromatic rings. The highest BCUT2D eigenvalue weighted by Gasteiger charge is 2.18. The van der Waals surface area contributed by atoms with Gasteiger partial charge >= 0.3 is 0 Å². The maximum atomic E-state index is 6.55. The number of para-hydroxylation sites is 1. The van der Waals surface area contributed by atoms with Crippen LogP contribution < -0.4 is 0 Å². The molecular formula is C50H33N3O2. The number of furan rings is 2. The van der Waals surface area contributed by atoms with Gasteiger partial charge in [0.2, 0.25) is 0 Å². The molecule has 8 aromatic carbocycles. The van der Waals surface area contributed by atoms with Crippen LogP contribution in [0.1, 0.15) is 16.7 Å². The fraction of sp³-hybridized carbons (Fsp3) is 0.0200. The van der Waals surface area contributed by atoms with Crippen LogP contribution in [-0.2, 0) is 6.54 Å². The number of hydrogen-bond acceptors (Lipinski definition) is 3. The first-order valence-electron chi connectivity index (χ1n) is 18.3. The minimum absolute atomic E-state index is 0.453. The van der Waals surface area contributed by atoms with Gasteiger partial charge in [-0.05, 0) is 81.7 Å². The van der Waals surface area contributed by atoms with Gasteiger partial charge in [0.1, 0.15) is 22.3 Å². The van der Waals surface area contributed by atoms with Crippen molar-refractivity contribution in [2.75, 3.05) is 0 Å². The Morgan fingerprint density at radius 1 is 0.473 bits per heavy atom. The van der Waals surface area contributed by atoms with E-state index in [1.165, 1.54) is 10.8 Å². The van der Waals surface area contributed by atoms with E-state index in [-0.39, 0.29) is 0 Å². The molecule has 0 saturated heterocycles. The lowest BCUT2D eigenvalue weighted by Gasteiger charge is -2.09.